The van der Waals surface area contributed by atoms with Crippen LogP contribution in [0.5, 0.6) is 0 Å². The average Bonchev–Trinajstić information content (AvgIpc) is 3.07. The fraction of sp³-hybridized carbons (Fsp3) is 0.611. The fourth-order valence-corrected chi connectivity index (χ4v) is 2.51. The third-order valence-electron chi connectivity index (χ3n) is 3.78. The molecule has 1 aliphatic rings. The van der Waals surface area contributed by atoms with Crippen LogP contribution in [0.1, 0.15) is 37.8 Å². The Bertz CT molecular complexity index is 503. The van der Waals surface area contributed by atoms with Gasteiger partial charge in [-0.1, -0.05) is 24.3 Å². The number of hydrogen-bond donors (Lipinski definition) is 2. The van der Waals surface area contributed by atoms with E-state index in [1.807, 2.05) is 0 Å². The summed E-state index contributed by atoms with van der Waals surface area (Å²) in [6.07, 6.45) is 2.84. The first-order chi connectivity index (χ1) is 11.2. The topological polar surface area (TPSA) is 54.9 Å². The number of ether oxygens (including phenoxy) is 2. The third-order valence-corrected chi connectivity index (χ3v) is 3.78. The van der Waals surface area contributed by atoms with E-state index in [9.17, 15) is 0 Å². The van der Waals surface area contributed by atoms with Crippen LogP contribution >= 0.6 is 24.0 Å². The molecule has 1 saturated heterocycles. The van der Waals surface area contributed by atoms with E-state index < -0.39 is 0 Å². The van der Waals surface area contributed by atoms with Crippen LogP contribution in [0.25, 0.3) is 0 Å². The molecule has 1 unspecified atom stereocenters. The minimum absolute atomic E-state index is 0. The Kier molecular flexibility index (Phi) is 10.3. The lowest BCUT2D eigenvalue weighted by atomic mass is 10.1. The highest BCUT2D eigenvalue weighted by molar-refractivity contribution is 14.0. The molecule has 0 spiro atoms. The van der Waals surface area contributed by atoms with Gasteiger partial charge >= 0.3 is 0 Å². The van der Waals surface area contributed by atoms with Crippen molar-refractivity contribution in [2.75, 3.05) is 20.2 Å². The summed E-state index contributed by atoms with van der Waals surface area (Å²) in [4.78, 5) is 4.26. The van der Waals surface area contributed by atoms with Gasteiger partial charge in [-0.15, -0.1) is 24.0 Å². The highest BCUT2D eigenvalue weighted by Gasteiger charge is 2.15. The highest BCUT2D eigenvalue weighted by Crippen LogP contribution is 2.10. The predicted octanol–water partition coefficient (Wildman–Crippen LogP) is 3.07. The van der Waals surface area contributed by atoms with Crippen LogP contribution in [0.2, 0.25) is 0 Å². The van der Waals surface area contributed by atoms with E-state index in [1.54, 1.807) is 7.05 Å². The molecule has 2 rings (SSSR count). The van der Waals surface area contributed by atoms with Crippen molar-refractivity contribution in [1.82, 2.24) is 10.6 Å². The van der Waals surface area contributed by atoms with E-state index in [4.69, 9.17) is 9.47 Å². The Morgan fingerprint density at radius 1 is 1.33 bits per heavy atom. The molecule has 24 heavy (non-hydrogen) atoms. The molecule has 0 aromatic heterocycles. The zero-order chi connectivity index (χ0) is 16.5. The van der Waals surface area contributed by atoms with Crippen molar-refractivity contribution >= 4 is 29.9 Å². The number of rotatable bonds is 7. The number of nitrogens with one attached hydrogen (secondary N) is 2. The van der Waals surface area contributed by atoms with Crippen LogP contribution in [0.3, 0.4) is 0 Å². The summed E-state index contributed by atoms with van der Waals surface area (Å²) in [7, 11) is 1.79. The molecule has 0 aliphatic carbocycles. The lowest BCUT2D eigenvalue weighted by Gasteiger charge is -2.15. The molecule has 0 bridgehead atoms. The monoisotopic (exact) mass is 447 g/mol. The maximum atomic E-state index is 5.65. The van der Waals surface area contributed by atoms with Crippen molar-refractivity contribution in [3.8, 4) is 0 Å². The molecule has 136 valence electrons. The first-order valence-corrected chi connectivity index (χ1v) is 8.43. The zero-order valence-electron chi connectivity index (χ0n) is 14.9. The van der Waals surface area contributed by atoms with Gasteiger partial charge in [0.25, 0.3) is 0 Å². The summed E-state index contributed by atoms with van der Waals surface area (Å²) in [6.45, 7) is 7.17. The van der Waals surface area contributed by atoms with Gasteiger partial charge in [-0.25, -0.2) is 0 Å². The molecule has 1 fully saturated rings. The van der Waals surface area contributed by atoms with Gasteiger partial charge in [0, 0.05) is 26.7 Å². The molecule has 1 aliphatic heterocycles. The van der Waals surface area contributed by atoms with Gasteiger partial charge in [-0.3, -0.25) is 4.99 Å². The van der Waals surface area contributed by atoms with Crippen LogP contribution < -0.4 is 10.6 Å². The first kappa shape index (κ1) is 21.2. The smallest absolute Gasteiger partial charge is 0.191 e. The maximum Gasteiger partial charge on any atom is 0.191 e. The van der Waals surface area contributed by atoms with Gasteiger partial charge in [0.2, 0.25) is 0 Å². The summed E-state index contributed by atoms with van der Waals surface area (Å²) in [5, 5.41) is 6.67. The molecule has 1 aromatic rings. The van der Waals surface area contributed by atoms with Crippen LogP contribution in [-0.4, -0.2) is 38.4 Å². The molecule has 0 amide bonds. The molecule has 0 saturated carbocycles. The zero-order valence-corrected chi connectivity index (χ0v) is 17.2. The van der Waals surface area contributed by atoms with Crippen LogP contribution in [0.4, 0.5) is 0 Å². The van der Waals surface area contributed by atoms with Crippen LogP contribution in [0, 0.1) is 0 Å². The molecule has 2 N–H and O–H groups in total. The minimum Gasteiger partial charge on any atom is -0.376 e. The molecule has 1 atom stereocenters. The van der Waals surface area contributed by atoms with Gasteiger partial charge in [-0.05, 0) is 37.8 Å². The fourth-order valence-electron chi connectivity index (χ4n) is 2.51. The predicted molar refractivity (Wildman–Crippen MR) is 109 cm³/mol. The lowest BCUT2D eigenvalue weighted by Crippen LogP contribution is -2.40. The van der Waals surface area contributed by atoms with E-state index in [0.717, 1.165) is 38.5 Å². The largest absolute Gasteiger partial charge is 0.376 e. The summed E-state index contributed by atoms with van der Waals surface area (Å²) < 4.78 is 11.3. The Hall–Kier alpha value is -0.860. The van der Waals surface area contributed by atoms with Crippen molar-refractivity contribution in [3.63, 3.8) is 0 Å². The van der Waals surface area contributed by atoms with Gasteiger partial charge in [0.05, 0.1) is 18.8 Å². The number of halogens is 1. The third kappa shape index (κ3) is 7.81. The van der Waals surface area contributed by atoms with E-state index in [1.165, 1.54) is 11.1 Å². The minimum atomic E-state index is 0. The second kappa shape index (κ2) is 11.7. The lowest BCUT2D eigenvalue weighted by molar-refractivity contribution is 0.0657. The Labute approximate surface area is 162 Å². The average molecular weight is 447 g/mol. The van der Waals surface area contributed by atoms with E-state index >= 15 is 0 Å². The van der Waals surface area contributed by atoms with E-state index in [0.29, 0.717) is 12.7 Å². The SMILES string of the molecule is CN=C(NCc1cccc(COC(C)C)c1)NCC1CCCO1.I. The van der Waals surface area contributed by atoms with Gasteiger partial charge in [0.15, 0.2) is 5.96 Å². The number of guanidine groups is 1. The summed E-state index contributed by atoms with van der Waals surface area (Å²) >= 11 is 0. The standard InChI is InChI=1S/C18H29N3O2.HI/c1-14(2)23-13-16-7-4-6-15(10-16)11-20-18(19-3)21-12-17-8-5-9-22-17;/h4,6-7,10,14,17H,5,8-9,11-13H2,1-3H3,(H2,19,20,21);1H. The molecule has 6 heteroatoms. The quantitative estimate of drug-likeness (QED) is 0.383. The summed E-state index contributed by atoms with van der Waals surface area (Å²) in [5.74, 6) is 0.810. The van der Waals surface area contributed by atoms with Gasteiger partial charge < -0.3 is 20.1 Å². The van der Waals surface area contributed by atoms with Crippen molar-refractivity contribution in [2.45, 2.75) is 52.0 Å². The van der Waals surface area contributed by atoms with E-state index in [2.05, 4.69) is 53.7 Å². The normalized spacial score (nSPS) is 17.7. The Morgan fingerprint density at radius 3 is 2.79 bits per heavy atom. The number of nitrogens with zero attached hydrogens (tertiary/aromatic N) is 1. The number of benzene rings is 1. The molecular weight excluding hydrogens is 417 g/mol. The van der Waals surface area contributed by atoms with Crippen LogP contribution in [0.15, 0.2) is 29.3 Å². The van der Waals surface area contributed by atoms with Gasteiger partial charge in [-0.2, -0.15) is 0 Å². The van der Waals surface area contributed by atoms with Crippen molar-refractivity contribution < 1.29 is 9.47 Å². The Balaban J connectivity index is 0.00000288. The van der Waals surface area contributed by atoms with Crippen molar-refractivity contribution in [3.05, 3.63) is 35.4 Å². The summed E-state index contributed by atoms with van der Waals surface area (Å²) in [5.41, 5.74) is 2.41. The Morgan fingerprint density at radius 2 is 2.12 bits per heavy atom. The van der Waals surface area contributed by atoms with Crippen molar-refractivity contribution in [2.24, 2.45) is 4.99 Å². The second-order valence-electron chi connectivity index (χ2n) is 6.12. The van der Waals surface area contributed by atoms with Gasteiger partial charge in [0.1, 0.15) is 0 Å². The van der Waals surface area contributed by atoms with Crippen molar-refractivity contribution in [1.29, 1.82) is 0 Å². The molecule has 1 heterocycles. The van der Waals surface area contributed by atoms with E-state index in [-0.39, 0.29) is 30.1 Å². The second-order valence-corrected chi connectivity index (χ2v) is 6.12. The maximum absolute atomic E-state index is 5.65. The van der Waals surface area contributed by atoms with Crippen LogP contribution in [-0.2, 0) is 22.6 Å². The molecule has 5 nitrogen and oxygen atoms in total. The summed E-state index contributed by atoms with van der Waals surface area (Å²) in [6, 6.07) is 8.44. The molecule has 1 aromatic carbocycles. The number of hydrogen-bond acceptors (Lipinski definition) is 3. The highest BCUT2D eigenvalue weighted by atomic mass is 127. The molecule has 0 radical (unpaired) electrons. The number of aliphatic imine (C=N–C) groups is 1. The first-order valence-electron chi connectivity index (χ1n) is 8.43. The molecular formula is C18H30IN3O2.